The number of carbonyl (C=O) groups is 1. The number of amides is 1. The van der Waals surface area contributed by atoms with Crippen molar-refractivity contribution in [3.8, 4) is 0 Å². The number of carbonyl (C=O) groups excluding carboxylic acids is 1. The van der Waals surface area contributed by atoms with Gasteiger partial charge in [-0.15, -0.1) is 0 Å². The van der Waals surface area contributed by atoms with Crippen LogP contribution >= 0.6 is 50.1 Å². The monoisotopic (exact) mass is 451 g/mol. The van der Waals surface area contributed by atoms with E-state index in [1.165, 1.54) is 6.20 Å². The maximum absolute atomic E-state index is 12.2. The van der Waals surface area contributed by atoms with Crippen molar-refractivity contribution >= 4 is 67.5 Å². The maximum atomic E-state index is 12.2. The maximum Gasteiger partial charge on any atom is 0.257 e. The van der Waals surface area contributed by atoms with Crippen LogP contribution in [0.5, 0.6) is 0 Å². The average Bonchev–Trinajstić information content (AvgIpc) is 2.35. The number of rotatable bonds is 2. The third-order valence-corrected chi connectivity index (χ3v) is 4.05. The second-order valence-electron chi connectivity index (χ2n) is 3.68. The lowest BCUT2D eigenvalue weighted by molar-refractivity contribution is 0.102. The number of nitrogen functional groups attached to an aromatic ring is 1. The molecule has 0 spiro atoms. The van der Waals surface area contributed by atoms with E-state index in [1.807, 2.05) is 0 Å². The summed E-state index contributed by atoms with van der Waals surface area (Å²) in [5, 5.41) is 3.22. The minimum atomic E-state index is -0.273. The standard InChI is InChI=1S/C12H8BrClIN3O/c13-9-4-7(16)5-17-11(9)18-12(19)8-3-6(14)1-2-10(8)15/h1-5H,16H2,(H,17,18,19). The molecule has 2 rings (SSSR count). The van der Waals surface area contributed by atoms with Gasteiger partial charge < -0.3 is 11.1 Å². The second-order valence-corrected chi connectivity index (χ2v) is 6.13. The predicted octanol–water partition coefficient (Wildman–Crippen LogP) is 3.94. The van der Waals surface area contributed by atoms with Gasteiger partial charge in [0.1, 0.15) is 5.82 Å². The number of aromatic nitrogens is 1. The van der Waals surface area contributed by atoms with Gasteiger partial charge in [0, 0.05) is 8.59 Å². The van der Waals surface area contributed by atoms with Gasteiger partial charge in [0.05, 0.1) is 21.9 Å². The number of halogens is 3. The van der Waals surface area contributed by atoms with Crippen LogP contribution in [0.2, 0.25) is 5.02 Å². The van der Waals surface area contributed by atoms with E-state index >= 15 is 0 Å². The van der Waals surface area contributed by atoms with Crippen molar-refractivity contribution in [2.75, 3.05) is 11.1 Å². The highest BCUT2D eigenvalue weighted by molar-refractivity contribution is 14.1. The molecular formula is C12H8BrClIN3O. The first-order chi connectivity index (χ1) is 8.97. The normalized spacial score (nSPS) is 10.3. The quantitative estimate of drug-likeness (QED) is 0.679. The first-order valence-electron chi connectivity index (χ1n) is 5.15. The Morgan fingerprint density at radius 2 is 2.16 bits per heavy atom. The van der Waals surface area contributed by atoms with Crippen molar-refractivity contribution in [2.24, 2.45) is 0 Å². The number of hydrogen-bond donors (Lipinski definition) is 2. The summed E-state index contributed by atoms with van der Waals surface area (Å²) in [5.74, 6) is 0.139. The molecule has 0 fully saturated rings. The van der Waals surface area contributed by atoms with E-state index in [0.717, 1.165) is 3.57 Å². The van der Waals surface area contributed by atoms with Gasteiger partial charge in [-0.1, -0.05) is 11.6 Å². The molecule has 0 unspecified atom stereocenters. The Labute approximate surface area is 137 Å². The van der Waals surface area contributed by atoms with Crippen LogP contribution in [0.4, 0.5) is 11.5 Å². The van der Waals surface area contributed by atoms with Crippen molar-refractivity contribution < 1.29 is 4.79 Å². The molecule has 0 atom stereocenters. The zero-order valence-electron chi connectivity index (χ0n) is 9.45. The molecule has 3 N–H and O–H groups in total. The lowest BCUT2D eigenvalue weighted by Crippen LogP contribution is -2.15. The largest absolute Gasteiger partial charge is 0.397 e. The molecule has 0 saturated heterocycles. The van der Waals surface area contributed by atoms with Gasteiger partial charge in [-0.2, -0.15) is 0 Å². The number of benzene rings is 1. The molecule has 0 aliphatic carbocycles. The topological polar surface area (TPSA) is 68.0 Å². The van der Waals surface area contributed by atoms with Gasteiger partial charge in [-0.3, -0.25) is 4.79 Å². The summed E-state index contributed by atoms with van der Waals surface area (Å²) < 4.78 is 1.43. The molecule has 0 aliphatic heterocycles. The van der Waals surface area contributed by atoms with Gasteiger partial charge in [0.25, 0.3) is 5.91 Å². The van der Waals surface area contributed by atoms with Crippen molar-refractivity contribution in [2.45, 2.75) is 0 Å². The van der Waals surface area contributed by atoms with Crippen molar-refractivity contribution in [3.63, 3.8) is 0 Å². The number of nitrogens with one attached hydrogen (secondary N) is 1. The van der Waals surface area contributed by atoms with Crippen LogP contribution in [-0.2, 0) is 0 Å². The first kappa shape index (κ1) is 14.5. The molecule has 98 valence electrons. The van der Waals surface area contributed by atoms with Crippen LogP contribution in [0, 0.1) is 3.57 Å². The van der Waals surface area contributed by atoms with Crippen molar-refractivity contribution in [1.29, 1.82) is 0 Å². The predicted molar refractivity (Wildman–Crippen MR) is 88.5 cm³/mol. The van der Waals surface area contributed by atoms with Crippen LogP contribution < -0.4 is 11.1 Å². The molecule has 0 aliphatic rings. The Kier molecular flexibility index (Phi) is 4.64. The fraction of sp³-hybridized carbons (Fsp3) is 0. The second kappa shape index (κ2) is 6.06. The summed E-state index contributed by atoms with van der Waals surface area (Å²) in [6.07, 6.45) is 1.48. The minimum Gasteiger partial charge on any atom is -0.397 e. The zero-order chi connectivity index (χ0) is 14.0. The highest BCUT2D eigenvalue weighted by atomic mass is 127. The molecule has 1 amide bonds. The van der Waals surface area contributed by atoms with Crippen LogP contribution in [0.3, 0.4) is 0 Å². The first-order valence-corrected chi connectivity index (χ1v) is 7.40. The minimum absolute atomic E-state index is 0.273. The molecule has 4 nitrogen and oxygen atoms in total. The van der Waals surface area contributed by atoms with E-state index in [-0.39, 0.29) is 5.91 Å². The van der Waals surface area contributed by atoms with Gasteiger partial charge in [-0.05, 0) is 62.8 Å². The lowest BCUT2D eigenvalue weighted by atomic mass is 10.2. The fourth-order valence-corrected chi connectivity index (χ4v) is 2.61. The third kappa shape index (κ3) is 3.58. The summed E-state index contributed by atoms with van der Waals surface area (Å²) in [6.45, 7) is 0. The van der Waals surface area contributed by atoms with Crippen LogP contribution in [0.1, 0.15) is 10.4 Å². The average molecular weight is 452 g/mol. The van der Waals surface area contributed by atoms with E-state index in [2.05, 4.69) is 48.8 Å². The van der Waals surface area contributed by atoms with E-state index in [0.29, 0.717) is 26.6 Å². The molecule has 7 heteroatoms. The van der Waals surface area contributed by atoms with E-state index in [1.54, 1.807) is 24.3 Å². The molecule has 0 radical (unpaired) electrons. The van der Waals surface area contributed by atoms with E-state index in [9.17, 15) is 4.79 Å². The molecule has 1 aromatic heterocycles. The number of nitrogens with two attached hydrogens (primary N) is 1. The fourth-order valence-electron chi connectivity index (χ4n) is 1.39. The summed E-state index contributed by atoms with van der Waals surface area (Å²) in [6, 6.07) is 6.80. The Hall–Kier alpha value is -0.860. The molecule has 0 saturated carbocycles. The number of hydrogen-bond acceptors (Lipinski definition) is 3. The summed E-state index contributed by atoms with van der Waals surface area (Å²) >= 11 is 11.3. The van der Waals surface area contributed by atoms with E-state index in [4.69, 9.17) is 17.3 Å². The Morgan fingerprint density at radius 1 is 1.42 bits per heavy atom. The van der Waals surface area contributed by atoms with E-state index < -0.39 is 0 Å². The molecule has 1 aromatic carbocycles. The summed E-state index contributed by atoms with van der Waals surface area (Å²) in [4.78, 5) is 16.2. The molecule has 0 bridgehead atoms. The molecule has 19 heavy (non-hydrogen) atoms. The van der Waals surface area contributed by atoms with Crippen LogP contribution in [0.15, 0.2) is 34.9 Å². The van der Waals surface area contributed by atoms with Gasteiger partial charge in [-0.25, -0.2) is 4.98 Å². The molecular weight excluding hydrogens is 444 g/mol. The Balaban J connectivity index is 2.28. The third-order valence-electron chi connectivity index (χ3n) is 2.27. The van der Waals surface area contributed by atoms with Crippen molar-refractivity contribution in [3.05, 3.63) is 49.1 Å². The number of pyridine rings is 1. The highest BCUT2D eigenvalue weighted by Gasteiger charge is 2.13. The highest BCUT2D eigenvalue weighted by Crippen LogP contribution is 2.24. The van der Waals surface area contributed by atoms with Gasteiger partial charge in [0.15, 0.2) is 0 Å². The summed E-state index contributed by atoms with van der Waals surface area (Å²) in [7, 11) is 0. The number of anilines is 2. The summed E-state index contributed by atoms with van der Waals surface area (Å²) in [5.41, 5.74) is 6.60. The van der Waals surface area contributed by atoms with Gasteiger partial charge in [0.2, 0.25) is 0 Å². The smallest absolute Gasteiger partial charge is 0.257 e. The molecule has 2 aromatic rings. The van der Waals surface area contributed by atoms with Crippen LogP contribution in [-0.4, -0.2) is 10.9 Å². The lowest BCUT2D eigenvalue weighted by Gasteiger charge is -2.08. The molecule has 1 heterocycles. The van der Waals surface area contributed by atoms with Gasteiger partial charge >= 0.3 is 0 Å². The zero-order valence-corrected chi connectivity index (χ0v) is 14.0. The number of nitrogens with zero attached hydrogens (tertiary/aromatic N) is 1. The van der Waals surface area contributed by atoms with Crippen molar-refractivity contribution in [1.82, 2.24) is 4.98 Å². The SMILES string of the molecule is Nc1cnc(NC(=O)c2cc(Cl)ccc2I)c(Br)c1. The van der Waals surface area contributed by atoms with Crippen LogP contribution in [0.25, 0.3) is 0 Å². The Bertz CT molecular complexity index is 651. The Morgan fingerprint density at radius 3 is 2.84 bits per heavy atom.